The van der Waals surface area contributed by atoms with E-state index in [4.69, 9.17) is 9.47 Å². The van der Waals surface area contributed by atoms with E-state index in [9.17, 15) is 4.79 Å². The lowest BCUT2D eigenvalue weighted by Crippen LogP contribution is -2.38. The number of nitrogens with zero attached hydrogens (tertiary/aromatic N) is 1. The molecular formula is C13H25NO3. The van der Waals surface area contributed by atoms with Gasteiger partial charge in [0.15, 0.2) is 0 Å². The zero-order valence-corrected chi connectivity index (χ0v) is 11.3. The van der Waals surface area contributed by atoms with Crippen LogP contribution in [0.2, 0.25) is 0 Å². The summed E-state index contributed by atoms with van der Waals surface area (Å²) in [4.78, 5) is 13.7. The van der Waals surface area contributed by atoms with Gasteiger partial charge in [-0.3, -0.25) is 4.79 Å². The molecule has 0 bridgehead atoms. The zero-order valence-electron chi connectivity index (χ0n) is 11.3. The molecule has 0 unspecified atom stereocenters. The molecule has 0 atom stereocenters. The predicted octanol–water partition coefficient (Wildman–Crippen LogP) is 1.54. The van der Waals surface area contributed by atoms with Crippen LogP contribution in [0, 0.1) is 11.8 Å². The van der Waals surface area contributed by atoms with Crippen molar-refractivity contribution in [1.29, 1.82) is 0 Å². The Balaban J connectivity index is 2.09. The second-order valence-electron chi connectivity index (χ2n) is 5.11. The minimum absolute atomic E-state index is 0.0549. The SMILES string of the molecule is COC(=O)C1CCN(CCOCC(C)C)CC1. The first-order chi connectivity index (χ1) is 8.13. The molecule has 1 aliphatic heterocycles. The summed E-state index contributed by atoms with van der Waals surface area (Å²) in [6.07, 6.45) is 1.83. The van der Waals surface area contributed by atoms with E-state index < -0.39 is 0 Å². The van der Waals surface area contributed by atoms with Crippen molar-refractivity contribution in [3.05, 3.63) is 0 Å². The summed E-state index contributed by atoms with van der Waals surface area (Å²) < 4.78 is 10.3. The molecule has 1 fully saturated rings. The quantitative estimate of drug-likeness (QED) is 0.524. The van der Waals surface area contributed by atoms with Crippen LogP contribution in [0.15, 0.2) is 0 Å². The molecule has 0 aromatic heterocycles. The minimum atomic E-state index is -0.0549. The molecule has 4 heteroatoms. The molecule has 1 saturated heterocycles. The number of carbonyl (C=O) groups is 1. The third-order valence-corrected chi connectivity index (χ3v) is 3.13. The predicted molar refractivity (Wildman–Crippen MR) is 66.8 cm³/mol. The topological polar surface area (TPSA) is 38.8 Å². The summed E-state index contributed by atoms with van der Waals surface area (Å²) in [5, 5.41) is 0. The highest BCUT2D eigenvalue weighted by atomic mass is 16.5. The van der Waals surface area contributed by atoms with Crippen molar-refractivity contribution in [3.63, 3.8) is 0 Å². The zero-order chi connectivity index (χ0) is 12.7. The Hall–Kier alpha value is -0.610. The van der Waals surface area contributed by atoms with E-state index in [1.807, 2.05) is 0 Å². The Labute approximate surface area is 104 Å². The first kappa shape index (κ1) is 14.5. The Bertz CT molecular complexity index is 223. The lowest BCUT2D eigenvalue weighted by Gasteiger charge is -2.30. The lowest BCUT2D eigenvalue weighted by molar-refractivity contribution is -0.147. The number of rotatable bonds is 6. The summed E-state index contributed by atoms with van der Waals surface area (Å²) in [6, 6.07) is 0. The molecular weight excluding hydrogens is 218 g/mol. The maximum absolute atomic E-state index is 11.3. The number of carbonyl (C=O) groups excluding carboxylic acids is 1. The Kier molecular flexibility index (Phi) is 6.52. The molecule has 100 valence electrons. The second kappa shape index (κ2) is 7.67. The molecule has 0 spiro atoms. The first-order valence-electron chi connectivity index (χ1n) is 6.51. The van der Waals surface area contributed by atoms with E-state index >= 15 is 0 Å². The molecule has 0 aromatic carbocycles. The molecule has 4 nitrogen and oxygen atoms in total. The van der Waals surface area contributed by atoms with Gasteiger partial charge in [0.05, 0.1) is 19.6 Å². The van der Waals surface area contributed by atoms with Crippen molar-refractivity contribution in [1.82, 2.24) is 4.90 Å². The van der Waals surface area contributed by atoms with Gasteiger partial charge < -0.3 is 14.4 Å². The standard InChI is InChI=1S/C13H25NO3/c1-11(2)10-17-9-8-14-6-4-12(5-7-14)13(15)16-3/h11-12H,4-10H2,1-3H3. The van der Waals surface area contributed by atoms with Crippen LogP contribution in [0.1, 0.15) is 26.7 Å². The van der Waals surface area contributed by atoms with Crippen molar-refractivity contribution in [2.75, 3.05) is 40.0 Å². The Morgan fingerprint density at radius 2 is 2.00 bits per heavy atom. The molecule has 0 radical (unpaired) electrons. The van der Waals surface area contributed by atoms with Gasteiger partial charge in [0.25, 0.3) is 0 Å². The van der Waals surface area contributed by atoms with Crippen molar-refractivity contribution in [2.45, 2.75) is 26.7 Å². The van der Waals surface area contributed by atoms with E-state index in [-0.39, 0.29) is 11.9 Å². The second-order valence-corrected chi connectivity index (χ2v) is 5.11. The lowest BCUT2D eigenvalue weighted by atomic mass is 9.97. The molecule has 1 aliphatic rings. The largest absolute Gasteiger partial charge is 0.469 e. The van der Waals surface area contributed by atoms with Crippen LogP contribution in [0.4, 0.5) is 0 Å². The van der Waals surface area contributed by atoms with Crippen LogP contribution in [0.3, 0.4) is 0 Å². The number of piperidine rings is 1. The van der Waals surface area contributed by atoms with Crippen molar-refractivity contribution in [2.24, 2.45) is 11.8 Å². The third kappa shape index (κ3) is 5.50. The Morgan fingerprint density at radius 3 is 2.53 bits per heavy atom. The van der Waals surface area contributed by atoms with Crippen molar-refractivity contribution < 1.29 is 14.3 Å². The van der Waals surface area contributed by atoms with Gasteiger partial charge in [-0.05, 0) is 31.8 Å². The summed E-state index contributed by atoms with van der Waals surface area (Å²) in [5.41, 5.74) is 0. The fourth-order valence-corrected chi connectivity index (χ4v) is 2.07. The molecule has 1 heterocycles. The fourth-order valence-electron chi connectivity index (χ4n) is 2.07. The van der Waals surface area contributed by atoms with Crippen LogP contribution >= 0.6 is 0 Å². The van der Waals surface area contributed by atoms with Crippen LogP contribution in [0.5, 0.6) is 0 Å². The van der Waals surface area contributed by atoms with E-state index in [0.717, 1.165) is 45.7 Å². The average Bonchev–Trinajstić information content (AvgIpc) is 2.34. The molecule has 0 amide bonds. The van der Waals surface area contributed by atoms with Gasteiger partial charge in [0, 0.05) is 13.2 Å². The van der Waals surface area contributed by atoms with Gasteiger partial charge in [-0.25, -0.2) is 0 Å². The minimum Gasteiger partial charge on any atom is -0.469 e. The highest BCUT2D eigenvalue weighted by Crippen LogP contribution is 2.17. The number of hydrogen-bond acceptors (Lipinski definition) is 4. The third-order valence-electron chi connectivity index (χ3n) is 3.13. The van der Waals surface area contributed by atoms with Gasteiger partial charge >= 0.3 is 5.97 Å². The van der Waals surface area contributed by atoms with E-state index in [0.29, 0.717) is 5.92 Å². The number of ether oxygens (including phenoxy) is 2. The summed E-state index contributed by atoms with van der Waals surface area (Å²) in [5.74, 6) is 0.647. The van der Waals surface area contributed by atoms with E-state index in [2.05, 4.69) is 18.7 Å². The van der Waals surface area contributed by atoms with Crippen molar-refractivity contribution >= 4 is 5.97 Å². The first-order valence-corrected chi connectivity index (χ1v) is 6.51. The summed E-state index contributed by atoms with van der Waals surface area (Å²) >= 11 is 0. The van der Waals surface area contributed by atoms with Gasteiger partial charge in [-0.2, -0.15) is 0 Å². The number of methoxy groups -OCH3 is 1. The molecule has 0 aliphatic carbocycles. The van der Waals surface area contributed by atoms with Gasteiger partial charge in [-0.15, -0.1) is 0 Å². The van der Waals surface area contributed by atoms with Gasteiger partial charge in [0.1, 0.15) is 0 Å². The normalized spacial score (nSPS) is 18.6. The molecule has 0 N–H and O–H groups in total. The highest BCUT2D eigenvalue weighted by Gasteiger charge is 2.25. The monoisotopic (exact) mass is 243 g/mol. The van der Waals surface area contributed by atoms with Gasteiger partial charge in [-0.1, -0.05) is 13.8 Å². The highest BCUT2D eigenvalue weighted by molar-refractivity contribution is 5.72. The summed E-state index contributed by atoms with van der Waals surface area (Å²) in [7, 11) is 1.47. The number of esters is 1. The van der Waals surface area contributed by atoms with E-state index in [1.165, 1.54) is 7.11 Å². The maximum Gasteiger partial charge on any atom is 0.308 e. The smallest absolute Gasteiger partial charge is 0.308 e. The van der Waals surface area contributed by atoms with Crippen LogP contribution in [0.25, 0.3) is 0 Å². The number of hydrogen-bond donors (Lipinski definition) is 0. The number of likely N-dealkylation sites (tertiary alicyclic amines) is 1. The molecule has 17 heavy (non-hydrogen) atoms. The average molecular weight is 243 g/mol. The molecule has 1 rings (SSSR count). The molecule has 0 aromatic rings. The van der Waals surface area contributed by atoms with E-state index in [1.54, 1.807) is 0 Å². The Morgan fingerprint density at radius 1 is 1.35 bits per heavy atom. The maximum atomic E-state index is 11.3. The fraction of sp³-hybridized carbons (Fsp3) is 0.923. The molecule has 0 saturated carbocycles. The van der Waals surface area contributed by atoms with Crippen LogP contribution in [-0.2, 0) is 14.3 Å². The van der Waals surface area contributed by atoms with Crippen molar-refractivity contribution in [3.8, 4) is 0 Å². The summed E-state index contributed by atoms with van der Waals surface area (Å²) in [6.45, 7) is 8.86. The van der Waals surface area contributed by atoms with Gasteiger partial charge in [0.2, 0.25) is 0 Å². The van der Waals surface area contributed by atoms with Crippen LogP contribution < -0.4 is 0 Å². The van der Waals surface area contributed by atoms with Crippen LogP contribution in [-0.4, -0.2) is 50.8 Å².